The van der Waals surface area contributed by atoms with Crippen molar-refractivity contribution in [3.63, 3.8) is 0 Å². The van der Waals surface area contributed by atoms with E-state index in [9.17, 15) is 0 Å². The SMILES string of the molecule is CC(C)=CCN1CC(C2CC2)NCC1C(C)C. The van der Waals surface area contributed by atoms with Crippen molar-refractivity contribution >= 4 is 0 Å². The van der Waals surface area contributed by atoms with Gasteiger partial charge in [-0.15, -0.1) is 0 Å². The van der Waals surface area contributed by atoms with E-state index in [4.69, 9.17) is 0 Å². The van der Waals surface area contributed by atoms with Crippen LogP contribution in [0.4, 0.5) is 0 Å². The van der Waals surface area contributed by atoms with Crippen LogP contribution in [0.3, 0.4) is 0 Å². The monoisotopic (exact) mass is 236 g/mol. The molecule has 2 aliphatic rings. The summed E-state index contributed by atoms with van der Waals surface area (Å²) in [6.45, 7) is 12.7. The zero-order valence-corrected chi connectivity index (χ0v) is 11.9. The summed E-state index contributed by atoms with van der Waals surface area (Å²) >= 11 is 0. The molecule has 2 atom stereocenters. The van der Waals surface area contributed by atoms with Crippen LogP contribution in [0.15, 0.2) is 11.6 Å². The molecule has 0 aromatic heterocycles. The van der Waals surface area contributed by atoms with Crippen LogP contribution in [0.2, 0.25) is 0 Å². The number of rotatable bonds is 4. The van der Waals surface area contributed by atoms with E-state index in [1.165, 1.54) is 31.5 Å². The third-order valence-corrected chi connectivity index (χ3v) is 4.18. The molecular formula is C15H28N2. The van der Waals surface area contributed by atoms with Crippen LogP contribution < -0.4 is 5.32 Å². The first-order valence-corrected chi connectivity index (χ1v) is 7.18. The Balaban J connectivity index is 1.95. The van der Waals surface area contributed by atoms with Gasteiger partial charge in [-0.2, -0.15) is 0 Å². The van der Waals surface area contributed by atoms with Crippen LogP contribution in [0.1, 0.15) is 40.5 Å². The summed E-state index contributed by atoms with van der Waals surface area (Å²) in [5.74, 6) is 1.71. The molecule has 1 saturated heterocycles. The molecule has 2 nitrogen and oxygen atoms in total. The minimum Gasteiger partial charge on any atom is -0.311 e. The van der Waals surface area contributed by atoms with Crippen molar-refractivity contribution in [3.8, 4) is 0 Å². The van der Waals surface area contributed by atoms with Crippen molar-refractivity contribution in [2.75, 3.05) is 19.6 Å². The maximum atomic E-state index is 3.77. The van der Waals surface area contributed by atoms with Crippen LogP contribution >= 0.6 is 0 Å². The molecule has 1 heterocycles. The molecule has 2 unspecified atom stereocenters. The minimum absolute atomic E-state index is 0.709. The first kappa shape index (κ1) is 13.1. The molecule has 1 aliphatic carbocycles. The van der Waals surface area contributed by atoms with Gasteiger partial charge in [-0.25, -0.2) is 0 Å². The summed E-state index contributed by atoms with van der Waals surface area (Å²) < 4.78 is 0. The molecule has 1 saturated carbocycles. The predicted octanol–water partition coefficient (Wildman–Crippen LogP) is 2.66. The highest BCUT2D eigenvalue weighted by atomic mass is 15.2. The zero-order valence-electron chi connectivity index (χ0n) is 11.9. The Bertz CT molecular complexity index is 275. The average Bonchev–Trinajstić information content (AvgIpc) is 3.09. The second kappa shape index (κ2) is 5.53. The fourth-order valence-electron chi connectivity index (χ4n) is 2.84. The van der Waals surface area contributed by atoms with Crippen LogP contribution in [0.5, 0.6) is 0 Å². The summed E-state index contributed by atoms with van der Waals surface area (Å²) in [7, 11) is 0. The Morgan fingerprint density at radius 3 is 2.59 bits per heavy atom. The lowest BCUT2D eigenvalue weighted by Gasteiger charge is -2.42. The highest BCUT2D eigenvalue weighted by molar-refractivity contribution is 5.00. The molecule has 1 aliphatic heterocycles. The van der Waals surface area contributed by atoms with E-state index >= 15 is 0 Å². The van der Waals surface area contributed by atoms with Gasteiger partial charge in [-0.05, 0) is 38.5 Å². The van der Waals surface area contributed by atoms with E-state index in [2.05, 4.69) is 44.0 Å². The maximum Gasteiger partial charge on any atom is 0.0247 e. The Morgan fingerprint density at radius 2 is 2.06 bits per heavy atom. The van der Waals surface area contributed by atoms with Gasteiger partial charge < -0.3 is 5.32 Å². The summed E-state index contributed by atoms with van der Waals surface area (Å²) in [4.78, 5) is 2.69. The molecule has 0 bridgehead atoms. The van der Waals surface area contributed by atoms with Gasteiger partial charge in [0.2, 0.25) is 0 Å². The van der Waals surface area contributed by atoms with Gasteiger partial charge in [0.15, 0.2) is 0 Å². The van der Waals surface area contributed by atoms with Crippen LogP contribution in [-0.2, 0) is 0 Å². The molecule has 2 heteroatoms. The van der Waals surface area contributed by atoms with E-state index in [1.807, 2.05) is 0 Å². The van der Waals surface area contributed by atoms with Crippen molar-refractivity contribution in [3.05, 3.63) is 11.6 Å². The molecule has 2 rings (SSSR count). The standard InChI is InChI=1S/C15H28N2/c1-11(2)7-8-17-10-14(13-5-6-13)16-9-15(17)12(3)4/h7,12-16H,5-6,8-10H2,1-4H3. The molecule has 2 fully saturated rings. The van der Waals surface area contributed by atoms with E-state index in [-0.39, 0.29) is 0 Å². The fraction of sp³-hybridized carbons (Fsp3) is 0.867. The summed E-state index contributed by atoms with van der Waals surface area (Å²) in [5.41, 5.74) is 1.44. The lowest BCUT2D eigenvalue weighted by molar-refractivity contribution is 0.105. The second-order valence-electron chi connectivity index (χ2n) is 6.40. The number of piperazine rings is 1. The van der Waals surface area contributed by atoms with Gasteiger partial charge in [0.05, 0.1) is 0 Å². The Hall–Kier alpha value is -0.340. The van der Waals surface area contributed by atoms with Crippen molar-refractivity contribution in [2.45, 2.75) is 52.6 Å². The van der Waals surface area contributed by atoms with E-state index in [0.29, 0.717) is 6.04 Å². The Morgan fingerprint density at radius 1 is 1.35 bits per heavy atom. The molecule has 17 heavy (non-hydrogen) atoms. The molecule has 1 N–H and O–H groups in total. The molecule has 0 aromatic carbocycles. The number of hydrogen-bond acceptors (Lipinski definition) is 2. The highest BCUT2D eigenvalue weighted by Crippen LogP contribution is 2.34. The molecule has 98 valence electrons. The van der Waals surface area contributed by atoms with Crippen LogP contribution in [0.25, 0.3) is 0 Å². The topological polar surface area (TPSA) is 15.3 Å². The van der Waals surface area contributed by atoms with Crippen LogP contribution in [-0.4, -0.2) is 36.6 Å². The lowest BCUT2D eigenvalue weighted by Crippen LogP contribution is -2.58. The zero-order chi connectivity index (χ0) is 12.4. The molecule has 0 radical (unpaired) electrons. The molecule has 0 spiro atoms. The average molecular weight is 236 g/mol. The Kier molecular flexibility index (Phi) is 4.26. The van der Waals surface area contributed by atoms with Gasteiger partial charge >= 0.3 is 0 Å². The van der Waals surface area contributed by atoms with Gasteiger partial charge in [0.1, 0.15) is 0 Å². The summed E-state index contributed by atoms with van der Waals surface area (Å²) in [6, 6.07) is 1.47. The van der Waals surface area contributed by atoms with Crippen molar-refractivity contribution in [1.29, 1.82) is 0 Å². The summed E-state index contributed by atoms with van der Waals surface area (Å²) in [6.07, 6.45) is 5.27. The van der Waals surface area contributed by atoms with E-state index < -0.39 is 0 Å². The van der Waals surface area contributed by atoms with Gasteiger partial charge in [-0.1, -0.05) is 25.5 Å². The maximum absolute atomic E-state index is 3.77. The third kappa shape index (κ3) is 3.56. The van der Waals surface area contributed by atoms with Gasteiger partial charge in [0, 0.05) is 31.7 Å². The predicted molar refractivity (Wildman–Crippen MR) is 74.1 cm³/mol. The smallest absolute Gasteiger partial charge is 0.0247 e. The molecule has 0 amide bonds. The quantitative estimate of drug-likeness (QED) is 0.755. The first-order chi connectivity index (χ1) is 8.08. The number of allylic oxidation sites excluding steroid dienone is 1. The first-order valence-electron chi connectivity index (χ1n) is 7.18. The molecule has 0 aromatic rings. The number of nitrogens with zero attached hydrogens (tertiary/aromatic N) is 1. The summed E-state index contributed by atoms with van der Waals surface area (Å²) in [5, 5.41) is 3.77. The van der Waals surface area contributed by atoms with Crippen molar-refractivity contribution < 1.29 is 0 Å². The minimum atomic E-state index is 0.709. The second-order valence-corrected chi connectivity index (χ2v) is 6.40. The van der Waals surface area contributed by atoms with E-state index in [1.54, 1.807) is 0 Å². The van der Waals surface area contributed by atoms with Crippen molar-refractivity contribution in [2.24, 2.45) is 11.8 Å². The van der Waals surface area contributed by atoms with E-state index in [0.717, 1.165) is 24.4 Å². The van der Waals surface area contributed by atoms with Gasteiger partial charge in [-0.3, -0.25) is 4.90 Å². The Labute approximate surface area is 106 Å². The highest BCUT2D eigenvalue weighted by Gasteiger charge is 2.37. The fourth-order valence-corrected chi connectivity index (χ4v) is 2.84. The molecular weight excluding hydrogens is 208 g/mol. The van der Waals surface area contributed by atoms with Crippen LogP contribution in [0, 0.1) is 11.8 Å². The number of hydrogen-bond donors (Lipinski definition) is 1. The largest absolute Gasteiger partial charge is 0.311 e. The number of nitrogens with one attached hydrogen (secondary N) is 1. The van der Waals surface area contributed by atoms with Gasteiger partial charge in [0.25, 0.3) is 0 Å². The third-order valence-electron chi connectivity index (χ3n) is 4.18. The normalized spacial score (nSPS) is 30.6. The van der Waals surface area contributed by atoms with Crippen molar-refractivity contribution in [1.82, 2.24) is 10.2 Å². The lowest BCUT2D eigenvalue weighted by atomic mass is 9.97.